The van der Waals surface area contributed by atoms with Crippen LogP contribution >= 0.6 is 21.6 Å². The van der Waals surface area contributed by atoms with E-state index in [1.807, 2.05) is 33.7 Å². The molecule has 0 bridgehead atoms. The van der Waals surface area contributed by atoms with Crippen molar-refractivity contribution in [3.63, 3.8) is 0 Å². The molecule has 0 unspecified atom stereocenters. The normalized spacial score (nSPS) is 10.6. The van der Waals surface area contributed by atoms with Crippen molar-refractivity contribution >= 4 is 27.7 Å². The molecule has 1 aromatic carbocycles. The third kappa shape index (κ3) is 5.20. The maximum absolute atomic E-state index is 3.67. The molecule has 14 heavy (non-hydrogen) atoms. The summed E-state index contributed by atoms with van der Waals surface area (Å²) in [7, 11) is 3.69. The molecule has 0 atom stereocenters. The quantitative estimate of drug-likeness (QED) is 0.400. The Bertz CT molecular complexity index is 278. The molecule has 2 heteroatoms. The van der Waals surface area contributed by atoms with Crippen LogP contribution in [0.15, 0.2) is 49.1 Å². The predicted molar refractivity (Wildman–Crippen MR) is 70.6 cm³/mol. The van der Waals surface area contributed by atoms with Gasteiger partial charge < -0.3 is 0 Å². The first-order valence-corrected chi connectivity index (χ1v) is 6.99. The fourth-order valence-electron chi connectivity index (χ4n) is 0.932. The lowest BCUT2D eigenvalue weighted by Gasteiger charge is -1.93. The highest BCUT2D eigenvalue weighted by molar-refractivity contribution is 8.76. The minimum atomic E-state index is 1.02. The third-order valence-electron chi connectivity index (χ3n) is 1.54. The molecule has 0 N–H and O–H groups in total. The maximum atomic E-state index is 3.67. The second kappa shape index (κ2) is 7.77. The van der Waals surface area contributed by atoms with Gasteiger partial charge in [0.05, 0.1) is 0 Å². The summed E-state index contributed by atoms with van der Waals surface area (Å²) in [5, 5.41) is 0. The highest BCUT2D eigenvalue weighted by Crippen LogP contribution is 2.20. The van der Waals surface area contributed by atoms with Crippen LogP contribution in [0.25, 0.3) is 6.08 Å². The SMILES string of the molecule is C=CCSSC/C=C/c1ccccc1. The zero-order valence-electron chi connectivity index (χ0n) is 8.06. The average Bonchev–Trinajstić information content (AvgIpc) is 2.25. The highest BCUT2D eigenvalue weighted by Gasteiger charge is 1.84. The Morgan fingerprint density at radius 1 is 1.07 bits per heavy atom. The Hall–Kier alpha value is -0.600. The van der Waals surface area contributed by atoms with E-state index in [1.54, 1.807) is 0 Å². The Labute approximate surface area is 93.9 Å². The fraction of sp³-hybridized carbons (Fsp3) is 0.167. The van der Waals surface area contributed by atoms with Gasteiger partial charge in [-0.3, -0.25) is 0 Å². The molecule has 0 saturated heterocycles. The van der Waals surface area contributed by atoms with E-state index in [0.29, 0.717) is 0 Å². The monoisotopic (exact) mass is 222 g/mol. The summed E-state index contributed by atoms with van der Waals surface area (Å²) in [5.74, 6) is 2.07. The van der Waals surface area contributed by atoms with E-state index in [0.717, 1.165) is 11.5 Å². The van der Waals surface area contributed by atoms with Crippen LogP contribution in [0.3, 0.4) is 0 Å². The van der Waals surface area contributed by atoms with E-state index in [1.165, 1.54) is 5.56 Å². The average molecular weight is 222 g/mol. The summed E-state index contributed by atoms with van der Waals surface area (Å²) in [6.45, 7) is 3.67. The van der Waals surface area contributed by atoms with Crippen molar-refractivity contribution in [2.45, 2.75) is 0 Å². The summed E-state index contributed by atoms with van der Waals surface area (Å²) in [4.78, 5) is 0. The lowest BCUT2D eigenvalue weighted by molar-refractivity contribution is 1.65. The van der Waals surface area contributed by atoms with Crippen LogP contribution in [-0.2, 0) is 0 Å². The molecule has 0 spiro atoms. The zero-order valence-corrected chi connectivity index (χ0v) is 9.69. The first-order chi connectivity index (χ1) is 6.93. The van der Waals surface area contributed by atoms with E-state index in [4.69, 9.17) is 0 Å². The zero-order chi connectivity index (χ0) is 10.1. The Balaban J connectivity index is 2.18. The first kappa shape index (κ1) is 11.5. The van der Waals surface area contributed by atoms with Gasteiger partial charge in [-0.2, -0.15) is 0 Å². The molecule has 0 aliphatic rings. The predicted octanol–water partition coefficient (Wildman–Crippen LogP) is 4.27. The molecular weight excluding hydrogens is 208 g/mol. The van der Waals surface area contributed by atoms with Crippen LogP contribution in [0.4, 0.5) is 0 Å². The lowest BCUT2D eigenvalue weighted by atomic mass is 10.2. The molecule has 0 radical (unpaired) electrons. The standard InChI is InChI=1S/C12H14S2/c1-2-10-13-14-11-6-9-12-7-4-3-5-8-12/h2-9H,1,10-11H2/b9-6+. The van der Waals surface area contributed by atoms with Gasteiger partial charge in [0, 0.05) is 11.5 Å². The van der Waals surface area contributed by atoms with Gasteiger partial charge in [-0.1, -0.05) is 70.1 Å². The molecule has 0 amide bonds. The summed E-state index contributed by atoms with van der Waals surface area (Å²) >= 11 is 0. The van der Waals surface area contributed by atoms with Gasteiger partial charge in [0.15, 0.2) is 0 Å². The molecule has 0 saturated carbocycles. The number of rotatable bonds is 6. The summed E-state index contributed by atoms with van der Waals surface area (Å²) < 4.78 is 0. The van der Waals surface area contributed by atoms with Crippen molar-refractivity contribution < 1.29 is 0 Å². The summed E-state index contributed by atoms with van der Waals surface area (Å²) in [6.07, 6.45) is 6.27. The number of benzene rings is 1. The topological polar surface area (TPSA) is 0 Å². The van der Waals surface area contributed by atoms with Gasteiger partial charge >= 0.3 is 0 Å². The first-order valence-electron chi connectivity index (χ1n) is 4.50. The van der Waals surface area contributed by atoms with E-state index in [9.17, 15) is 0 Å². The fourth-order valence-corrected chi connectivity index (χ4v) is 2.50. The summed E-state index contributed by atoms with van der Waals surface area (Å²) in [5.41, 5.74) is 1.27. The minimum Gasteiger partial charge on any atom is -0.102 e. The maximum Gasteiger partial charge on any atom is 0.0221 e. The number of hydrogen-bond acceptors (Lipinski definition) is 2. The highest BCUT2D eigenvalue weighted by atomic mass is 33.1. The van der Waals surface area contributed by atoms with Gasteiger partial charge in [-0.15, -0.1) is 6.58 Å². The van der Waals surface area contributed by atoms with Crippen LogP contribution in [0.1, 0.15) is 5.56 Å². The van der Waals surface area contributed by atoms with Crippen molar-refractivity contribution in [3.8, 4) is 0 Å². The van der Waals surface area contributed by atoms with Gasteiger partial charge in [0.1, 0.15) is 0 Å². The molecular formula is C12H14S2. The van der Waals surface area contributed by atoms with E-state index in [-0.39, 0.29) is 0 Å². The van der Waals surface area contributed by atoms with Crippen molar-refractivity contribution in [2.24, 2.45) is 0 Å². The lowest BCUT2D eigenvalue weighted by Crippen LogP contribution is -1.71. The van der Waals surface area contributed by atoms with E-state index < -0.39 is 0 Å². The molecule has 1 aromatic rings. The Kier molecular flexibility index (Phi) is 6.37. The minimum absolute atomic E-state index is 1.02. The molecule has 0 aliphatic carbocycles. The van der Waals surface area contributed by atoms with Gasteiger partial charge in [-0.05, 0) is 5.56 Å². The van der Waals surface area contributed by atoms with Crippen LogP contribution in [0, 0.1) is 0 Å². The van der Waals surface area contributed by atoms with Crippen LogP contribution in [0.2, 0.25) is 0 Å². The van der Waals surface area contributed by atoms with Gasteiger partial charge in [0.2, 0.25) is 0 Å². The number of hydrogen-bond donors (Lipinski definition) is 0. The van der Waals surface area contributed by atoms with Crippen LogP contribution in [-0.4, -0.2) is 11.5 Å². The van der Waals surface area contributed by atoms with Crippen molar-refractivity contribution in [1.82, 2.24) is 0 Å². The molecule has 74 valence electrons. The summed E-state index contributed by atoms with van der Waals surface area (Å²) in [6, 6.07) is 10.4. The Morgan fingerprint density at radius 3 is 2.50 bits per heavy atom. The van der Waals surface area contributed by atoms with Crippen LogP contribution < -0.4 is 0 Å². The van der Waals surface area contributed by atoms with E-state index in [2.05, 4.69) is 43.0 Å². The van der Waals surface area contributed by atoms with Crippen molar-refractivity contribution in [2.75, 3.05) is 11.5 Å². The van der Waals surface area contributed by atoms with Crippen LogP contribution in [0.5, 0.6) is 0 Å². The van der Waals surface area contributed by atoms with E-state index >= 15 is 0 Å². The van der Waals surface area contributed by atoms with Gasteiger partial charge in [0.25, 0.3) is 0 Å². The van der Waals surface area contributed by atoms with Gasteiger partial charge in [-0.25, -0.2) is 0 Å². The molecule has 1 rings (SSSR count). The Morgan fingerprint density at radius 2 is 1.79 bits per heavy atom. The molecule has 0 heterocycles. The molecule has 0 aromatic heterocycles. The molecule has 0 nitrogen and oxygen atoms in total. The second-order valence-corrected chi connectivity index (χ2v) is 5.22. The molecule has 0 aliphatic heterocycles. The van der Waals surface area contributed by atoms with Crippen molar-refractivity contribution in [1.29, 1.82) is 0 Å². The van der Waals surface area contributed by atoms with Crippen molar-refractivity contribution in [3.05, 3.63) is 54.6 Å². The third-order valence-corrected chi connectivity index (χ3v) is 3.73. The molecule has 0 fully saturated rings. The largest absolute Gasteiger partial charge is 0.102 e. The second-order valence-electron chi connectivity index (χ2n) is 2.67. The smallest absolute Gasteiger partial charge is 0.0221 e.